The van der Waals surface area contributed by atoms with Gasteiger partial charge in [-0.3, -0.25) is 0 Å². The molecular formula is C21H21BrCl2N8O. The van der Waals surface area contributed by atoms with Crippen LogP contribution in [-0.2, 0) is 13.6 Å². The normalized spacial score (nSPS) is 16.5. The second kappa shape index (κ2) is 9.00. The van der Waals surface area contributed by atoms with Gasteiger partial charge >= 0.3 is 0 Å². The van der Waals surface area contributed by atoms with Crippen molar-refractivity contribution < 1.29 is 4.42 Å². The molecule has 12 heteroatoms. The Morgan fingerprint density at radius 1 is 1.30 bits per heavy atom. The molecule has 1 atom stereocenters. The molecule has 3 aromatic heterocycles. The third-order valence-electron chi connectivity index (χ3n) is 5.74. The van der Waals surface area contributed by atoms with Crippen LogP contribution < -0.4 is 16.0 Å². The van der Waals surface area contributed by atoms with E-state index in [9.17, 15) is 0 Å². The first-order valence-electron chi connectivity index (χ1n) is 10.4. The van der Waals surface area contributed by atoms with E-state index in [0.717, 1.165) is 36.2 Å². The molecule has 0 saturated carbocycles. The van der Waals surface area contributed by atoms with Crippen molar-refractivity contribution in [2.24, 2.45) is 7.05 Å². The molecular weight excluding hydrogens is 531 g/mol. The molecule has 0 radical (unpaired) electrons. The maximum Gasteiger partial charge on any atom is 0.227 e. The van der Waals surface area contributed by atoms with Crippen molar-refractivity contribution in [2.75, 3.05) is 29.0 Å². The second-order valence-corrected chi connectivity index (χ2v) is 9.56. The van der Waals surface area contributed by atoms with Gasteiger partial charge in [-0.2, -0.15) is 15.1 Å². The molecule has 0 spiro atoms. The van der Waals surface area contributed by atoms with Gasteiger partial charge in [0, 0.05) is 43.5 Å². The third-order valence-corrected chi connectivity index (χ3v) is 7.68. The first-order chi connectivity index (χ1) is 15.9. The SMILES string of the molecule is Cn1nc(C2CCCN(c3nc(NCc4ccoc4)c4cc(Cl)c(Br)c(Cl)c4n3)C2)nc1N. The highest BCUT2D eigenvalue weighted by Crippen LogP contribution is 2.39. The smallest absolute Gasteiger partial charge is 0.227 e. The number of aryl methyl sites for hydroxylation is 1. The zero-order valence-electron chi connectivity index (χ0n) is 17.7. The van der Waals surface area contributed by atoms with E-state index in [1.165, 1.54) is 0 Å². The highest BCUT2D eigenvalue weighted by molar-refractivity contribution is 9.10. The maximum absolute atomic E-state index is 6.64. The number of halogens is 3. The maximum atomic E-state index is 6.64. The monoisotopic (exact) mass is 550 g/mol. The van der Waals surface area contributed by atoms with Crippen LogP contribution in [0.15, 0.2) is 33.5 Å². The Kier molecular flexibility index (Phi) is 6.07. The number of hydrogen-bond acceptors (Lipinski definition) is 8. The predicted molar refractivity (Wildman–Crippen MR) is 133 cm³/mol. The van der Waals surface area contributed by atoms with Crippen LogP contribution >= 0.6 is 39.1 Å². The summed E-state index contributed by atoms with van der Waals surface area (Å²) in [6.07, 6.45) is 5.26. The molecule has 1 unspecified atom stereocenters. The quantitative estimate of drug-likeness (QED) is 0.333. The summed E-state index contributed by atoms with van der Waals surface area (Å²) in [6, 6.07) is 3.71. The molecule has 9 nitrogen and oxygen atoms in total. The lowest BCUT2D eigenvalue weighted by molar-refractivity contribution is 0.484. The van der Waals surface area contributed by atoms with Gasteiger partial charge in [-0.25, -0.2) is 9.67 Å². The van der Waals surface area contributed by atoms with Crippen molar-refractivity contribution in [2.45, 2.75) is 25.3 Å². The van der Waals surface area contributed by atoms with Gasteiger partial charge < -0.3 is 20.4 Å². The average molecular weight is 552 g/mol. The fraction of sp³-hybridized carbons (Fsp3) is 0.333. The molecule has 1 fully saturated rings. The highest BCUT2D eigenvalue weighted by Gasteiger charge is 2.27. The van der Waals surface area contributed by atoms with Crippen LogP contribution in [0.5, 0.6) is 0 Å². The minimum absolute atomic E-state index is 0.135. The Morgan fingerprint density at radius 2 is 2.15 bits per heavy atom. The molecule has 1 aliphatic rings. The molecule has 33 heavy (non-hydrogen) atoms. The summed E-state index contributed by atoms with van der Waals surface area (Å²) in [5, 5.41) is 9.54. The van der Waals surface area contributed by atoms with Crippen LogP contribution in [0, 0.1) is 0 Å². The number of furan rings is 1. The summed E-state index contributed by atoms with van der Waals surface area (Å²) in [4.78, 5) is 16.2. The van der Waals surface area contributed by atoms with Crippen molar-refractivity contribution in [3.8, 4) is 0 Å². The minimum atomic E-state index is 0.135. The number of nitrogens with zero attached hydrogens (tertiary/aromatic N) is 6. The first-order valence-corrected chi connectivity index (χ1v) is 12.0. The summed E-state index contributed by atoms with van der Waals surface area (Å²) in [6.45, 7) is 2.04. The van der Waals surface area contributed by atoms with Crippen LogP contribution in [0.4, 0.5) is 17.7 Å². The van der Waals surface area contributed by atoms with Gasteiger partial charge in [-0.05, 0) is 40.9 Å². The van der Waals surface area contributed by atoms with Gasteiger partial charge in [0.1, 0.15) is 5.82 Å². The van der Waals surface area contributed by atoms with E-state index in [0.29, 0.717) is 50.8 Å². The number of nitrogen functional groups attached to an aromatic ring is 1. The second-order valence-electron chi connectivity index (χ2n) is 7.98. The molecule has 1 saturated heterocycles. The highest BCUT2D eigenvalue weighted by atomic mass is 79.9. The first kappa shape index (κ1) is 22.2. The fourth-order valence-corrected chi connectivity index (χ4v) is 4.78. The number of hydrogen-bond donors (Lipinski definition) is 2. The fourth-order valence-electron chi connectivity index (χ4n) is 3.98. The summed E-state index contributed by atoms with van der Waals surface area (Å²) in [7, 11) is 1.79. The predicted octanol–water partition coefficient (Wildman–Crippen LogP) is 5.00. The van der Waals surface area contributed by atoms with Crippen molar-refractivity contribution >= 4 is 67.7 Å². The van der Waals surface area contributed by atoms with E-state index in [2.05, 4.69) is 36.2 Å². The largest absolute Gasteiger partial charge is 0.472 e. The standard InChI is InChI=1S/C21H21BrCl2N8O/c1-31-20(25)28-18(30-31)12-3-2-5-32(9-12)21-27-17-13(7-14(23)15(22)16(17)24)19(29-21)26-8-11-4-6-33-10-11/h4,6-7,10,12H,2-3,5,8-9H2,1H3,(H2,25,28,30)(H,26,27,29). The molecule has 0 aliphatic carbocycles. The number of rotatable bonds is 5. The van der Waals surface area contributed by atoms with E-state index in [-0.39, 0.29) is 5.92 Å². The lowest BCUT2D eigenvalue weighted by Gasteiger charge is -2.32. The Bertz CT molecular complexity index is 1290. The van der Waals surface area contributed by atoms with Crippen molar-refractivity contribution in [1.82, 2.24) is 24.7 Å². The van der Waals surface area contributed by atoms with Gasteiger partial charge in [0.05, 0.1) is 32.6 Å². The number of fused-ring (bicyclic) bond motifs is 1. The molecule has 0 bridgehead atoms. The number of nitrogens with two attached hydrogens (primary N) is 1. The van der Waals surface area contributed by atoms with Gasteiger partial charge in [0.2, 0.25) is 11.9 Å². The lowest BCUT2D eigenvalue weighted by Crippen LogP contribution is -2.36. The van der Waals surface area contributed by atoms with Gasteiger partial charge in [-0.1, -0.05) is 23.2 Å². The Hall–Kier alpha value is -2.56. The molecule has 1 aliphatic heterocycles. The van der Waals surface area contributed by atoms with Gasteiger partial charge in [-0.15, -0.1) is 0 Å². The van der Waals surface area contributed by atoms with Gasteiger partial charge in [0.25, 0.3) is 0 Å². The van der Waals surface area contributed by atoms with E-state index >= 15 is 0 Å². The number of benzene rings is 1. The molecule has 3 N–H and O–H groups in total. The Labute approximate surface area is 208 Å². The van der Waals surface area contributed by atoms with Crippen LogP contribution in [-0.4, -0.2) is 37.8 Å². The Morgan fingerprint density at radius 3 is 2.88 bits per heavy atom. The minimum Gasteiger partial charge on any atom is -0.472 e. The van der Waals surface area contributed by atoms with E-state index in [1.807, 2.05) is 12.1 Å². The number of piperidine rings is 1. The van der Waals surface area contributed by atoms with Crippen LogP contribution in [0.2, 0.25) is 10.0 Å². The van der Waals surface area contributed by atoms with Gasteiger partial charge in [0.15, 0.2) is 5.82 Å². The van der Waals surface area contributed by atoms with Crippen molar-refractivity contribution in [3.05, 3.63) is 50.6 Å². The average Bonchev–Trinajstić information content (AvgIpc) is 3.46. The molecule has 172 valence electrons. The Balaban J connectivity index is 1.52. The van der Waals surface area contributed by atoms with Crippen LogP contribution in [0.25, 0.3) is 10.9 Å². The molecule has 4 heterocycles. The molecule has 1 aromatic carbocycles. The van der Waals surface area contributed by atoms with Crippen molar-refractivity contribution in [3.63, 3.8) is 0 Å². The number of anilines is 3. The summed E-state index contributed by atoms with van der Waals surface area (Å²) in [5.41, 5.74) is 7.51. The molecule has 0 amide bonds. The van der Waals surface area contributed by atoms with E-state index < -0.39 is 0 Å². The number of aromatic nitrogens is 5. The topological polar surface area (TPSA) is 111 Å². The van der Waals surface area contributed by atoms with E-state index in [4.69, 9.17) is 43.3 Å². The van der Waals surface area contributed by atoms with E-state index in [1.54, 1.807) is 24.3 Å². The zero-order chi connectivity index (χ0) is 23.1. The van der Waals surface area contributed by atoms with Crippen molar-refractivity contribution in [1.29, 1.82) is 0 Å². The third kappa shape index (κ3) is 4.34. The molecule has 5 rings (SSSR count). The summed E-state index contributed by atoms with van der Waals surface area (Å²) >= 11 is 16.5. The lowest BCUT2D eigenvalue weighted by atomic mass is 9.98. The number of nitrogens with one attached hydrogen (secondary N) is 1. The summed E-state index contributed by atoms with van der Waals surface area (Å²) < 4.78 is 7.38. The zero-order valence-corrected chi connectivity index (χ0v) is 20.8. The van der Waals surface area contributed by atoms with Crippen LogP contribution in [0.3, 0.4) is 0 Å². The van der Waals surface area contributed by atoms with Crippen LogP contribution in [0.1, 0.15) is 30.1 Å². The summed E-state index contributed by atoms with van der Waals surface area (Å²) in [5.74, 6) is 2.52. The molecule has 4 aromatic rings.